The second-order valence-electron chi connectivity index (χ2n) is 10.6. The van der Waals surface area contributed by atoms with E-state index in [9.17, 15) is 43.5 Å². The number of piperazine rings is 1. The normalized spacial score (nSPS) is 20.4. The van der Waals surface area contributed by atoms with Crippen LogP contribution in [0.15, 0.2) is 45.9 Å². The Morgan fingerprint density at radius 3 is 2.51 bits per heavy atom. The van der Waals surface area contributed by atoms with E-state index in [-0.39, 0.29) is 89.3 Å². The molecule has 51 heavy (non-hydrogen) atoms. The number of urea groups is 1. The van der Waals surface area contributed by atoms with E-state index in [1.807, 2.05) is 0 Å². The number of nitrogens with one attached hydrogen (secondary N) is 4. The zero-order valence-corrected chi connectivity index (χ0v) is 32.1. The first kappa shape index (κ1) is 40.0. The molecule has 0 radical (unpaired) electrons. The average Bonchev–Trinajstić information content (AvgIpc) is 3.56. The van der Waals surface area contributed by atoms with Crippen molar-refractivity contribution in [3.8, 4) is 0 Å². The fourth-order valence-corrected chi connectivity index (χ4v) is 8.70. The summed E-state index contributed by atoms with van der Waals surface area (Å²) < 4.78 is 0.388. The first-order valence-corrected chi connectivity index (χ1v) is 18.0. The van der Waals surface area contributed by atoms with Gasteiger partial charge >= 0.3 is 47.4 Å². The second kappa shape index (κ2) is 17.2. The Bertz CT molecular complexity index is 1790. The summed E-state index contributed by atoms with van der Waals surface area (Å²) in [7, 11) is 0. The van der Waals surface area contributed by atoms with Gasteiger partial charge in [0.1, 0.15) is 17.3 Å². The summed E-state index contributed by atoms with van der Waals surface area (Å²) in [4.78, 5) is 105. The molecule has 0 saturated carbocycles. The molecule has 2 saturated heterocycles. The molecule has 8 amide bonds. The average molecular weight is 788 g/mol. The van der Waals surface area contributed by atoms with Gasteiger partial charge in [-0.25, -0.2) is 4.79 Å². The molecule has 18 nitrogen and oxygen atoms in total. The second-order valence-corrected chi connectivity index (χ2v) is 14.2. The van der Waals surface area contributed by atoms with E-state index in [0.29, 0.717) is 9.24 Å². The van der Waals surface area contributed by atoms with Crippen molar-refractivity contribution in [2.75, 3.05) is 42.3 Å². The summed E-state index contributed by atoms with van der Waals surface area (Å²) >= 11 is 8.67. The fourth-order valence-electron chi connectivity index (χ4n) is 5.30. The topological polar surface area (TPSA) is 243 Å². The Labute approximate surface area is 329 Å². The zero-order chi connectivity index (χ0) is 36.2. The predicted octanol–water partition coefficient (Wildman–Crippen LogP) is -4.57. The first-order chi connectivity index (χ1) is 23.9. The molecule has 3 aliphatic rings. The Hall–Kier alpha value is -3.73. The number of hydrogen-bond acceptors (Lipinski definition) is 14. The molecular weight excluding hydrogens is 761 g/mol. The van der Waals surface area contributed by atoms with Crippen LogP contribution in [-0.2, 0) is 33.6 Å². The van der Waals surface area contributed by atoms with Crippen molar-refractivity contribution in [3.05, 3.63) is 47.2 Å². The van der Waals surface area contributed by atoms with Crippen molar-refractivity contribution in [2.45, 2.75) is 28.3 Å². The number of imide groups is 1. The number of nitrogens with zero attached hydrogens (tertiary/aromatic N) is 5. The van der Waals surface area contributed by atoms with Gasteiger partial charge in [-0.15, -0.1) is 33.6 Å². The molecule has 1 aromatic heterocycles. The van der Waals surface area contributed by atoms with E-state index in [2.05, 4.69) is 31.5 Å². The Morgan fingerprint density at radius 1 is 1.14 bits per heavy atom. The summed E-state index contributed by atoms with van der Waals surface area (Å²) in [5.41, 5.74) is -2.06. The number of likely N-dealkylation sites (N-methyl/N-ethyl adjacent to an activating group) is 1. The molecule has 2 aromatic rings. The quantitative estimate of drug-likeness (QED) is 0.0219. The monoisotopic (exact) mass is 787 g/mol. The number of fused-ring (bicyclic) bond motifs is 1. The fraction of sp³-hybridized carbons (Fsp3) is 0.357. The number of rotatable bonds is 13. The van der Waals surface area contributed by atoms with Gasteiger partial charge in [0.2, 0.25) is 29.0 Å². The molecule has 1 unspecified atom stereocenters. The number of halogens is 1. The van der Waals surface area contributed by atoms with Crippen LogP contribution in [0.4, 0.5) is 9.93 Å². The van der Waals surface area contributed by atoms with Crippen LogP contribution in [0.2, 0.25) is 0 Å². The zero-order valence-electron chi connectivity index (χ0n) is 26.9. The van der Waals surface area contributed by atoms with E-state index < -0.39 is 64.3 Å². The largest absolute Gasteiger partial charge is 1.00 e. The van der Waals surface area contributed by atoms with E-state index in [0.717, 1.165) is 39.8 Å². The maximum absolute atomic E-state index is 13.9. The van der Waals surface area contributed by atoms with Gasteiger partial charge in [0.15, 0.2) is 4.34 Å². The van der Waals surface area contributed by atoms with Crippen molar-refractivity contribution in [2.24, 2.45) is 0 Å². The van der Waals surface area contributed by atoms with Crippen LogP contribution in [0, 0.1) is 0 Å². The smallest absolute Gasteiger partial charge is 0.543 e. The predicted molar refractivity (Wildman–Crippen MR) is 177 cm³/mol. The molecule has 264 valence electrons. The van der Waals surface area contributed by atoms with Crippen LogP contribution in [0.3, 0.4) is 0 Å². The molecule has 0 aliphatic carbocycles. The number of aromatic nitrogens is 2. The third kappa shape index (κ3) is 8.18. The molecule has 3 atom stereocenters. The number of anilines is 1. The molecule has 5 rings (SSSR count). The third-order valence-electron chi connectivity index (χ3n) is 7.70. The summed E-state index contributed by atoms with van der Waals surface area (Å²) in [6.45, 7) is 1.92. The van der Waals surface area contributed by atoms with Crippen molar-refractivity contribution >= 4 is 99.5 Å². The van der Waals surface area contributed by atoms with Crippen molar-refractivity contribution in [1.82, 2.24) is 40.8 Å². The number of benzene rings is 1. The minimum Gasteiger partial charge on any atom is -0.543 e. The van der Waals surface area contributed by atoms with E-state index in [1.165, 1.54) is 17.0 Å². The van der Waals surface area contributed by atoms with Gasteiger partial charge in [-0.3, -0.25) is 43.9 Å². The standard InChI is InChI=1S/C28H28ClN9O9S3.Na/c1-2-36-8-9-37(21(43)20(36)42)26(47)32-17(14-6-4-3-5-7-14)19(41)33-28(30-13-39)23(46)38-18(22(44)45)15(11-48-24(28)38)12-49-27-35-34-25(50-27)31-16(40)10-29;/h3-7,13,17,24H,2,8-12H2,1H3,(H,30,39)(H,32,47)(H,33,41)(H,44,45)(H,31,34,40);/q;+1/p-1/t17?,24-,28+;/m0./s1. The van der Waals surface area contributed by atoms with E-state index >= 15 is 0 Å². The Morgan fingerprint density at radius 2 is 1.86 bits per heavy atom. The minimum atomic E-state index is -2.13. The number of carboxylic acid groups (broad SMARTS) is 1. The van der Waals surface area contributed by atoms with Crippen molar-refractivity contribution in [3.63, 3.8) is 0 Å². The van der Waals surface area contributed by atoms with Gasteiger partial charge in [0, 0.05) is 31.1 Å². The number of alkyl halides is 1. The van der Waals surface area contributed by atoms with E-state index in [1.54, 1.807) is 25.1 Å². The molecule has 0 bridgehead atoms. The minimum absolute atomic E-state index is 0. The number of carbonyl (C=O) groups excluding carboxylic acids is 8. The molecule has 0 spiro atoms. The van der Waals surface area contributed by atoms with Crippen molar-refractivity contribution in [1.29, 1.82) is 0 Å². The summed E-state index contributed by atoms with van der Waals surface area (Å²) in [6.07, 6.45) is 0.174. The van der Waals surface area contributed by atoms with Crippen LogP contribution in [-0.4, -0.2) is 121 Å². The molecule has 4 heterocycles. The van der Waals surface area contributed by atoms with Crippen LogP contribution in [0.1, 0.15) is 18.5 Å². The van der Waals surface area contributed by atoms with Gasteiger partial charge in [0.05, 0.1) is 11.7 Å². The van der Waals surface area contributed by atoms with Crippen LogP contribution in [0.25, 0.3) is 0 Å². The molecule has 3 aliphatic heterocycles. The number of thioether (sulfide) groups is 2. The summed E-state index contributed by atoms with van der Waals surface area (Å²) in [6, 6.07) is 5.26. The van der Waals surface area contributed by atoms with E-state index in [4.69, 9.17) is 11.6 Å². The molecule has 2 fully saturated rings. The maximum Gasteiger partial charge on any atom is 1.00 e. The number of carbonyl (C=O) groups is 8. The number of β-lactam (4-membered cyclic amide) rings is 1. The summed E-state index contributed by atoms with van der Waals surface area (Å²) in [5, 5.41) is 28.9. The van der Waals surface area contributed by atoms with Crippen LogP contribution < -0.4 is 55.9 Å². The molecule has 4 N–H and O–H groups in total. The number of amides is 8. The third-order valence-corrected chi connectivity index (χ3v) is 11.4. The van der Waals surface area contributed by atoms with Crippen molar-refractivity contribution < 1.29 is 73.0 Å². The van der Waals surface area contributed by atoms with Gasteiger partial charge in [-0.2, -0.15) is 0 Å². The Kier molecular flexibility index (Phi) is 13.5. The molecule has 23 heteroatoms. The van der Waals surface area contributed by atoms with Gasteiger partial charge in [-0.05, 0) is 18.1 Å². The van der Waals surface area contributed by atoms with Gasteiger partial charge in [-0.1, -0.05) is 53.4 Å². The van der Waals surface area contributed by atoms with Crippen LogP contribution >= 0.6 is 46.5 Å². The Balaban J connectivity index is 0.00000583. The molecular formula is C28H27ClN9NaO9S3. The maximum atomic E-state index is 13.9. The van der Waals surface area contributed by atoms with Crippen LogP contribution in [0.5, 0.6) is 0 Å². The summed E-state index contributed by atoms with van der Waals surface area (Å²) in [5.74, 6) is -6.29. The number of hydrogen-bond donors (Lipinski definition) is 4. The van der Waals surface area contributed by atoms with Gasteiger partial charge < -0.3 is 30.8 Å². The number of carboxylic acids is 1. The number of aliphatic carboxylic acids is 1. The first-order valence-electron chi connectivity index (χ1n) is 14.7. The SMILES string of the molecule is CCN1CCN(C(=O)NC(C(=O)N[C@]2(NC=O)C(=O)N3C(C(=O)[O-])=C(CSc4nnc(NC(=O)CCl)s4)CS[C@H]32)c2ccccc2)C(=O)C1=O.[Na+]. The molecule has 1 aromatic carbocycles. The van der Waals surface area contributed by atoms with Gasteiger partial charge in [0.25, 0.3) is 5.91 Å².